The molecule has 3 rings (SSSR count). The lowest BCUT2D eigenvalue weighted by molar-refractivity contribution is 0.0829. The van der Waals surface area contributed by atoms with Gasteiger partial charge in [0, 0.05) is 25.7 Å². The van der Waals surface area contributed by atoms with E-state index >= 15 is 0 Å². The fraction of sp³-hybridized carbons (Fsp3) is 0.133. The van der Waals surface area contributed by atoms with E-state index in [2.05, 4.69) is 9.97 Å². The molecule has 1 amide bonds. The molecule has 0 fully saturated rings. The first kappa shape index (κ1) is 14.8. The van der Waals surface area contributed by atoms with Gasteiger partial charge in [0.25, 0.3) is 5.91 Å². The number of hydrogen-bond acceptors (Lipinski definition) is 3. The molecule has 3 aromatic rings. The Kier molecular flexibility index (Phi) is 3.76. The van der Waals surface area contributed by atoms with Gasteiger partial charge in [-0.1, -0.05) is 29.8 Å². The molecule has 0 unspecified atom stereocenters. The smallest absolute Gasteiger partial charge is 0.255 e. The van der Waals surface area contributed by atoms with Crippen LogP contribution in [0.4, 0.5) is 0 Å². The third kappa shape index (κ3) is 2.42. The maximum Gasteiger partial charge on any atom is 0.255 e. The van der Waals surface area contributed by atoms with Gasteiger partial charge in [-0.25, -0.2) is 4.98 Å². The van der Waals surface area contributed by atoms with E-state index in [0.29, 0.717) is 16.4 Å². The minimum Gasteiger partial charge on any atom is -0.345 e. The molecule has 0 bridgehead atoms. The Bertz CT molecular complexity index is 873. The van der Waals surface area contributed by atoms with Gasteiger partial charge in [-0.3, -0.25) is 9.36 Å². The van der Waals surface area contributed by atoms with Gasteiger partial charge in [-0.2, -0.15) is 4.98 Å². The molecule has 0 aliphatic rings. The lowest BCUT2D eigenvalue weighted by Crippen LogP contribution is -2.21. The molecule has 0 spiro atoms. The number of carbonyl (C=O) groups excluding carboxylic acids is 1. The summed E-state index contributed by atoms with van der Waals surface area (Å²) in [6.45, 7) is 0. The molecule has 1 aromatic carbocycles. The van der Waals surface area contributed by atoms with Crippen LogP contribution in [0.15, 0.2) is 36.7 Å². The Morgan fingerprint density at radius 3 is 2.68 bits per heavy atom. The number of aromatic nitrogens is 3. The highest BCUT2D eigenvalue weighted by atomic mass is 35.5. The molecule has 22 heavy (non-hydrogen) atoms. The summed E-state index contributed by atoms with van der Waals surface area (Å²) in [6.07, 6.45) is 3.16. The molecule has 7 heteroatoms. The third-order valence-electron chi connectivity index (χ3n) is 3.27. The maximum atomic E-state index is 12.4. The monoisotopic (exact) mass is 334 g/mol. The first-order valence-corrected chi connectivity index (χ1v) is 7.25. The van der Waals surface area contributed by atoms with Gasteiger partial charge in [0.2, 0.25) is 5.28 Å². The topological polar surface area (TPSA) is 51.0 Å². The number of halogens is 2. The van der Waals surface area contributed by atoms with Crippen molar-refractivity contribution in [3.63, 3.8) is 0 Å². The molecule has 0 atom stereocenters. The Morgan fingerprint density at radius 1 is 1.23 bits per heavy atom. The van der Waals surface area contributed by atoms with E-state index in [0.717, 1.165) is 10.9 Å². The Morgan fingerprint density at radius 2 is 1.95 bits per heavy atom. The van der Waals surface area contributed by atoms with Crippen LogP contribution in [0.1, 0.15) is 10.4 Å². The average molecular weight is 335 g/mol. The van der Waals surface area contributed by atoms with Crippen LogP contribution < -0.4 is 0 Å². The Hall–Kier alpha value is -2.11. The van der Waals surface area contributed by atoms with Crippen molar-refractivity contribution in [3.05, 3.63) is 52.5 Å². The zero-order chi connectivity index (χ0) is 15.9. The maximum absolute atomic E-state index is 12.4. The minimum absolute atomic E-state index is 0.0915. The van der Waals surface area contributed by atoms with E-state index in [1.54, 1.807) is 24.9 Å². The first-order chi connectivity index (χ1) is 10.5. The highest BCUT2D eigenvalue weighted by Crippen LogP contribution is 2.28. The van der Waals surface area contributed by atoms with E-state index in [1.165, 1.54) is 11.1 Å². The second kappa shape index (κ2) is 5.59. The van der Waals surface area contributed by atoms with Gasteiger partial charge in [0.05, 0.1) is 17.3 Å². The number of carbonyl (C=O) groups is 1. The second-order valence-corrected chi connectivity index (χ2v) is 5.69. The number of nitrogens with zero attached hydrogens (tertiary/aromatic N) is 4. The normalized spacial score (nSPS) is 10.9. The van der Waals surface area contributed by atoms with Gasteiger partial charge in [-0.05, 0) is 17.7 Å². The third-order valence-corrected chi connectivity index (χ3v) is 3.72. The predicted octanol–water partition coefficient (Wildman–Crippen LogP) is 3.43. The van der Waals surface area contributed by atoms with Gasteiger partial charge in [-0.15, -0.1) is 0 Å². The van der Waals surface area contributed by atoms with E-state index in [1.807, 2.05) is 24.3 Å². The molecule has 0 saturated carbocycles. The van der Waals surface area contributed by atoms with Crippen LogP contribution in [0, 0.1) is 0 Å². The predicted molar refractivity (Wildman–Crippen MR) is 86.9 cm³/mol. The van der Waals surface area contributed by atoms with Crippen LogP contribution in [-0.4, -0.2) is 39.4 Å². The number of hydrogen-bond donors (Lipinski definition) is 0. The molecule has 2 aromatic heterocycles. The van der Waals surface area contributed by atoms with Gasteiger partial charge in [0.15, 0.2) is 5.82 Å². The Balaban J connectivity index is 2.31. The lowest BCUT2D eigenvalue weighted by atomic mass is 10.1. The summed E-state index contributed by atoms with van der Waals surface area (Å²) in [5.74, 6) is 0.349. The molecule has 0 aliphatic heterocycles. The van der Waals surface area contributed by atoms with Gasteiger partial charge < -0.3 is 4.90 Å². The summed E-state index contributed by atoms with van der Waals surface area (Å²) >= 11 is 12.1. The van der Waals surface area contributed by atoms with Crippen LogP contribution in [0.2, 0.25) is 10.3 Å². The zero-order valence-corrected chi connectivity index (χ0v) is 13.4. The first-order valence-electron chi connectivity index (χ1n) is 6.49. The molecular formula is C15H12Cl2N4O. The van der Waals surface area contributed by atoms with Crippen LogP contribution in [0.3, 0.4) is 0 Å². The quantitative estimate of drug-likeness (QED) is 0.674. The summed E-state index contributed by atoms with van der Waals surface area (Å²) in [7, 11) is 3.42. The van der Waals surface area contributed by atoms with Crippen molar-refractivity contribution in [1.29, 1.82) is 0 Å². The van der Waals surface area contributed by atoms with Crippen LogP contribution in [0.5, 0.6) is 0 Å². The molecule has 0 saturated heterocycles. The molecule has 112 valence electrons. The van der Waals surface area contributed by atoms with Crippen molar-refractivity contribution < 1.29 is 4.79 Å². The van der Waals surface area contributed by atoms with Crippen LogP contribution >= 0.6 is 23.2 Å². The number of fused-ring (bicyclic) bond motifs is 1. The van der Waals surface area contributed by atoms with Crippen molar-refractivity contribution in [2.45, 2.75) is 0 Å². The summed E-state index contributed by atoms with van der Waals surface area (Å²) in [5, 5.41) is 1.28. The molecule has 5 nitrogen and oxygen atoms in total. The number of para-hydroxylation sites is 1. The van der Waals surface area contributed by atoms with Crippen molar-refractivity contribution in [1.82, 2.24) is 19.4 Å². The Labute approximate surface area is 137 Å². The van der Waals surface area contributed by atoms with Crippen molar-refractivity contribution in [2.75, 3.05) is 14.1 Å². The molecule has 2 heterocycles. The summed E-state index contributed by atoms with van der Waals surface area (Å²) < 4.78 is 1.75. The molecule has 0 N–H and O–H groups in total. The second-order valence-electron chi connectivity index (χ2n) is 4.94. The standard InChI is InChI=1S/C15H12Cl2N4O/c1-20(2)14(22)10-8-21(12-6-4-3-5-9(10)12)13-11(16)7-18-15(17)19-13/h3-8H,1-2H3. The molecular weight excluding hydrogens is 323 g/mol. The summed E-state index contributed by atoms with van der Waals surface area (Å²) in [5.41, 5.74) is 1.40. The van der Waals surface area contributed by atoms with Crippen molar-refractivity contribution in [2.24, 2.45) is 0 Å². The molecule has 0 aliphatic carbocycles. The van der Waals surface area contributed by atoms with Crippen molar-refractivity contribution >= 4 is 40.0 Å². The van der Waals surface area contributed by atoms with E-state index in [-0.39, 0.29) is 11.2 Å². The minimum atomic E-state index is -0.0915. The van der Waals surface area contributed by atoms with Crippen LogP contribution in [0.25, 0.3) is 16.7 Å². The molecule has 0 radical (unpaired) electrons. The van der Waals surface area contributed by atoms with E-state index < -0.39 is 0 Å². The summed E-state index contributed by atoms with van der Waals surface area (Å²) in [4.78, 5) is 21.9. The lowest BCUT2D eigenvalue weighted by Gasteiger charge is -2.08. The largest absolute Gasteiger partial charge is 0.345 e. The van der Waals surface area contributed by atoms with Gasteiger partial charge >= 0.3 is 0 Å². The number of rotatable bonds is 2. The average Bonchev–Trinajstić information content (AvgIpc) is 2.88. The SMILES string of the molecule is CN(C)C(=O)c1cn(-c2nc(Cl)ncc2Cl)c2ccccc12. The van der Waals surface area contributed by atoms with Crippen molar-refractivity contribution in [3.8, 4) is 5.82 Å². The fourth-order valence-electron chi connectivity index (χ4n) is 2.27. The van der Waals surface area contributed by atoms with Crippen LogP contribution in [-0.2, 0) is 0 Å². The zero-order valence-electron chi connectivity index (χ0n) is 11.9. The highest BCUT2D eigenvalue weighted by molar-refractivity contribution is 6.33. The number of benzene rings is 1. The number of amides is 1. The fourth-order valence-corrected chi connectivity index (χ4v) is 2.58. The summed E-state index contributed by atoms with van der Waals surface area (Å²) in [6, 6.07) is 7.56. The highest BCUT2D eigenvalue weighted by Gasteiger charge is 2.19. The van der Waals surface area contributed by atoms with E-state index in [9.17, 15) is 4.79 Å². The van der Waals surface area contributed by atoms with E-state index in [4.69, 9.17) is 23.2 Å². The van der Waals surface area contributed by atoms with Gasteiger partial charge in [0.1, 0.15) is 5.02 Å².